The van der Waals surface area contributed by atoms with Gasteiger partial charge in [-0.1, -0.05) is 13.8 Å². The second kappa shape index (κ2) is 3.12. The third kappa shape index (κ3) is 1.22. The zero-order valence-corrected chi connectivity index (χ0v) is 8.37. The van der Waals surface area contributed by atoms with Crippen LogP contribution in [-0.2, 0) is 11.2 Å². The number of rotatable bonds is 2. The first-order chi connectivity index (χ1) is 6.61. The Labute approximate surface area is 82.3 Å². The lowest BCUT2D eigenvalue weighted by molar-refractivity contribution is -0.138. The van der Waals surface area contributed by atoms with Crippen molar-refractivity contribution in [1.29, 1.82) is 0 Å². The van der Waals surface area contributed by atoms with Gasteiger partial charge in [0.25, 0.3) is 0 Å². The molecule has 4 heteroatoms. The lowest BCUT2D eigenvalue weighted by Gasteiger charge is -2.00. The predicted molar refractivity (Wildman–Crippen MR) is 51.4 cm³/mol. The second-order valence-electron chi connectivity index (χ2n) is 4.09. The third-order valence-corrected chi connectivity index (χ3v) is 2.81. The van der Waals surface area contributed by atoms with Crippen LogP contribution in [0.25, 0.3) is 0 Å². The van der Waals surface area contributed by atoms with E-state index in [9.17, 15) is 4.79 Å². The molecule has 0 aliphatic heterocycles. The van der Waals surface area contributed by atoms with Gasteiger partial charge in [-0.15, -0.1) is 0 Å². The highest BCUT2D eigenvalue weighted by molar-refractivity contribution is 5.77. The fraction of sp³-hybridized carbons (Fsp3) is 0.600. The van der Waals surface area contributed by atoms with Gasteiger partial charge in [-0.2, -0.15) is 5.10 Å². The molecule has 1 aliphatic carbocycles. The number of H-pyrrole nitrogens is 1. The van der Waals surface area contributed by atoms with E-state index in [1.54, 1.807) is 0 Å². The Hall–Kier alpha value is -1.32. The summed E-state index contributed by atoms with van der Waals surface area (Å²) in [4.78, 5) is 10.9. The molecule has 0 radical (unpaired) electrons. The number of nitrogens with zero attached hydrogens (tertiary/aromatic N) is 1. The van der Waals surface area contributed by atoms with Crippen molar-refractivity contribution < 1.29 is 9.90 Å². The lowest BCUT2D eigenvalue weighted by Crippen LogP contribution is -2.08. The average molecular weight is 194 g/mol. The quantitative estimate of drug-likeness (QED) is 0.752. The van der Waals surface area contributed by atoms with Gasteiger partial charge < -0.3 is 5.11 Å². The van der Waals surface area contributed by atoms with Gasteiger partial charge in [0.15, 0.2) is 0 Å². The van der Waals surface area contributed by atoms with E-state index in [1.807, 2.05) is 0 Å². The fourth-order valence-electron chi connectivity index (χ4n) is 2.10. The zero-order chi connectivity index (χ0) is 10.3. The second-order valence-corrected chi connectivity index (χ2v) is 4.09. The average Bonchev–Trinajstić information content (AvgIpc) is 2.59. The first-order valence-corrected chi connectivity index (χ1v) is 4.91. The van der Waals surface area contributed by atoms with Gasteiger partial charge >= 0.3 is 5.97 Å². The Kier molecular flexibility index (Phi) is 2.06. The Morgan fingerprint density at radius 2 is 2.36 bits per heavy atom. The number of hydrogen-bond acceptors (Lipinski definition) is 2. The Morgan fingerprint density at radius 3 is 2.93 bits per heavy atom. The van der Waals surface area contributed by atoms with Gasteiger partial charge in [-0.25, -0.2) is 0 Å². The normalized spacial score (nSPS) is 20.1. The van der Waals surface area contributed by atoms with E-state index in [0.29, 0.717) is 12.3 Å². The number of hydrogen-bond donors (Lipinski definition) is 2. The molecule has 0 fully saturated rings. The molecule has 0 saturated carbocycles. The summed E-state index contributed by atoms with van der Waals surface area (Å²) < 4.78 is 0. The molecule has 1 unspecified atom stereocenters. The van der Waals surface area contributed by atoms with Crippen molar-refractivity contribution in [2.75, 3.05) is 0 Å². The molecule has 76 valence electrons. The Morgan fingerprint density at radius 1 is 1.64 bits per heavy atom. The zero-order valence-electron chi connectivity index (χ0n) is 8.37. The molecule has 4 nitrogen and oxygen atoms in total. The molecule has 0 saturated heterocycles. The van der Waals surface area contributed by atoms with Crippen molar-refractivity contribution in [3.8, 4) is 0 Å². The summed E-state index contributed by atoms with van der Waals surface area (Å²) in [6.07, 6.45) is 1.55. The van der Waals surface area contributed by atoms with Gasteiger partial charge in [0.05, 0.1) is 17.3 Å². The first kappa shape index (κ1) is 9.24. The molecule has 2 N–H and O–H groups in total. The van der Waals surface area contributed by atoms with E-state index in [-0.39, 0.29) is 5.92 Å². The SMILES string of the molecule is CC(C)c1n[nH]c2c1CCC2C(=O)O. The number of nitrogens with one attached hydrogen (secondary N) is 1. The molecule has 0 bridgehead atoms. The van der Waals surface area contributed by atoms with Crippen LogP contribution in [0.5, 0.6) is 0 Å². The molecule has 0 spiro atoms. The van der Waals surface area contributed by atoms with E-state index >= 15 is 0 Å². The summed E-state index contributed by atoms with van der Waals surface area (Å²) in [5.74, 6) is -0.754. The molecule has 14 heavy (non-hydrogen) atoms. The molecule has 1 aromatic heterocycles. The van der Waals surface area contributed by atoms with E-state index in [0.717, 1.165) is 23.4 Å². The van der Waals surface area contributed by atoms with Crippen molar-refractivity contribution in [2.45, 2.75) is 38.5 Å². The van der Waals surface area contributed by atoms with Crippen LogP contribution >= 0.6 is 0 Å². The van der Waals surface area contributed by atoms with Gasteiger partial charge in [0, 0.05) is 0 Å². The predicted octanol–water partition coefficient (Wildman–Crippen LogP) is 1.65. The Balaban J connectivity index is 2.39. The number of aromatic amines is 1. The maximum absolute atomic E-state index is 10.9. The maximum Gasteiger partial charge on any atom is 0.312 e. The largest absolute Gasteiger partial charge is 0.481 e. The molecule has 1 atom stereocenters. The van der Waals surface area contributed by atoms with Crippen LogP contribution in [0.4, 0.5) is 0 Å². The van der Waals surface area contributed by atoms with E-state index in [1.165, 1.54) is 0 Å². The highest BCUT2D eigenvalue weighted by Crippen LogP contribution is 2.35. The molecule has 0 amide bonds. The van der Waals surface area contributed by atoms with Crippen molar-refractivity contribution >= 4 is 5.97 Å². The fourth-order valence-corrected chi connectivity index (χ4v) is 2.10. The van der Waals surface area contributed by atoms with E-state index in [4.69, 9.17) is 5.11 Å². The molecular formula is C10H14N2O2. The Bertz CT molecular complexity index is 368. The highest BCUT2D eigenvalue weighted by Gasteiger charge is 2.32. The molecule has 1 aromatic rings. The van der Waals surface area contributed by atoms with Gasteiger partial charge in [-0.05, 0) is 24.3 Å². The smallest absolute Gasteiger partial charge is 0.312 e. The summed E-state index contributed by atoms with van der Waals surface area (Å²) in [6.45, 7) is 4.15. The standard InChI is InChI=1S/C10H14N2O2/c1-5(2)8-6-3-4-7(10(13)14)9(6)12-11-8/h5,7H,3-4H2,1-2H3,(H,11,12)(H,13,14). The molecule has 2 rings (SSSR count). The van der Waals surface area contributed by atoms with Crippen molar-refractivity contribution in [2.24, 2.45) is 0 Å². The van der Waals surface area contributed by atoms with Crippen LogP contribution in [0.15, 0.2) is 0 Å². The summed E-state index contributed by atoms with van der Waals surface area (Å²) in [6, 6.07) is 0. The van der Waals surface area contributed by atoms with Gasteiger partial charge in [0.2, 0.25) is 0 Å². The summed E-state index contributed by atoms with van der Waals surface area (Å²) >= 11 is 0. The minimum absolute atomic E-state index is 0.363. The minimum atomic E-state index is -0.747. The van der Waals surface area contributed by atoms with Crippen LogP contribution < -0.4 is 0 Å². The topological polar surface area (TPSA) is 66.0 Å². The lowest BCUT2D eigenvalue weighted by atomic mass is 10.0. The summed E-state index contributed by atoms with van der Waals surface area (Å²) in [5.41, 5.74) is 2.98. The first-order valence-electron chi connectivity index (χ1n) is 4.91. The van der Waals surface area contributed by atoms with Gasteiger partial charge in [0.1, 0.15) is 0 Å². The van der Waals surface area contributed by atoms with Gasteiger partial charge in [-0.3, -0.25) is 9.89 Å². The monoisotopic (exact) mass is 194 g/mol. The minimum Gasteiger partial charge on any atom is -0.481 e. The van der Waals surface area contributed by atoms with Crippen LogP contribution in [0.1, 0.15) is 49.1 Å². The van der Waals surface area contributed by atoms with Crippen molar-refractivity contribution in [3.05, 3.63) is 17.0 Å². The van der Waals surface area contributed by atoms with E-state index < -0.39 is 5.97 Å². The number of fused-ring (bicyclic) bond motifs is 1. The number of carboxylic acids is 1. The van der Waals surface area contributed by atoms with Crippen LogP contribution in [0.3, 0.4) is 0 Å². The van der Waals surface area contributed by atoms with Crippen molar-refractivity contribution in [3.63, 3.8) is 0 Å². The summed E-state index contributed by atoms with van der Waals surface area (Å²) in [7, 11) is 0. The van der Waals surface area contributed by atoms with Crippen molar-refractivity contribution in [1.82, 2.24) is 10.2 Å². The number of carbonyl (C=O) groups is 1. The van der Waals surface area contributed by atoms with Crippen LogP contribution in [0, 0.1) is 0 Å². The number of aliphatic carboxylic acids is 1. The number of carboxylic acid groups (broad SMARTS) is 1. The summed E-state index contributed by atoms with van der Waals surface area (Å²) in [5, 5.41) is 16.0. The molecule has 1 aliphatic rings. The van der Waals surface area contributed by atoms with Crippen LogP contribution in [0.2, 0.25) is 0 Å². The maximum atomic E-state index is 10.9. The van der Waals surface area contributed by atoms with Crippen LogP contribution in [-0.4, -0.2) is 21.3 Å². The molecular weight excluding hydrogens is 180 g/mol. The number of aromatic nitrogens is 2. The molecule has 1 heterocycles. The van der Waals surface area contributed by atoms with E-state index in [2.05, 4.69) is 24.0 Å². The highest BCUT2D eigenvalue weighted by atomic mass is 16.4. The third-order valence-electron chi connectivity index (χ3n) is 2.81. The molecule has 0 aromatic carbocycles.